The largest absolute Gasteiger partial charge is 0.507 e. The van der Waals surface area contributed by atoms with Crippen molar-refractivity contribution in [3.05, 3.63) is 131 Å². The number of benzene rings is 3. The van der Waals surface area contributed by atoms with Crippen LogP contribution in [-0.4, -0.2) is 33.8 Å². The summed E-state index contributed by atoms with van der Waals surface area (Å²) in [6, 6.07) is 24.8. The van der Waals surface area contributed by atoms with E-state index in [0.29, 0.717) is 29.2 Å². The predicted octanol–water partition coefficient (Wildman–Crippen LogP) is 5.60. The summed E-state index contributed by atoms with van der Waals surface area (Å²) in [4.78, 5) is 32.2. The van der Waals surface area contributed by atoms with E-state index in [2.05, 4.69) is 4.98 Å². The number of pyridine rings is 1. The number of carbonyl (C=O) groups excluding carboxylic acids is 2. The molecule has 0 bridgehead atoms. The van der Waals surface area contributed by atoms with Gasteiger partial charge in [0.1, 0.15) is 23.9 Å². The SMILES string of the molecule is COc1cccc([C@@H]2/C(=C(\O)c3ccc(OCc4ccccc4C)cc3)C(=O)C(=O)N2Cc2cccnc2)c1. The van der Waals surface area contributed by atoms with Gasteiger partial charge in [0.15, 0.2) is 0 Å². The Hall–Kier alpha value is -4.91. The molecule has 4 aromatic rings. The van der Waals surface area contributed by atoms with Crippen molar-refractivity contribution in [1.29, 1.82) is 0 Å². The quantitative estimate of drug-likeness (QED) is 0.185. The van der Waals surface area contributed by atoms with E-state index in [1.807, 2.05) is 43.3 Å². The molecule has 0 spiro atoms. The molecule has 1 aliphatic heterocycles. The van der Waals surface area contributed by atoms with Gasteiger partial charge in [-0.25, -0.2) is 0 Å². The molecular weight excluding hydrogens is 492 g/mol. The molecule has 1 aliphatic rings. The molecule has 7 heteroatoms. The number of hydrogen-bond donors (Lipinski definition) is 1. The fourth-order valence-corrected chi connectivity index (χ4v) is 4.69. The van der Waals surface area contributed by atoms with Crippen molar-refractivity contribution in [2.45, 2.75) is 26.1 Å². The third-order valence-electron chi connectivity index (χ3n) is 6.81. The van der Waals surface area contributed by atoms with E-state index >= 15 is 0 Å². The number of nitrogens with zero attached hydrogens (tertiary/aromatic N) is 2. The summed E-state index contributed by atoms with van der Waals surface area (Å²) in [6.45, 7) is 2.60. The Morgan fingerprint density at radius 2 is 1.74 bits per heavy atom. The number of aromatic nitrogens is 1. The lowest BCUT2D eigenvalue weighted by atomic mass is 9.95. The Morgan fingerprint density at radius 1 is 0.949 bits per heavy atom. The van der Waals surface area contributed by atoms with Gasteiger partial charge in [-0.05, 0) is 71.6 Å². The fourth-order valence-electron chi connectivity index (χ4n) is 4.69. The van der Waals surface area contributed by atoms with Gasteiger partial charge in [0.25, 0.3) is 11.7 Å². The first kappa shape index (κ1) is 25.7. The Kier molecular flexibility index (Phi) is 7.41. The van der Waals surface area contributed by atoms with Gasteiger partial charge in [0.2, 0.25) is 0 Å². The fraction of sp³-hybridized carbons (Fsp3) is 0.156. The maximum Gasteiger partial charge on any atom is 0.295 e. The van der Waals surface area contributed by atoms with Gasteiger partial charge in [0.05, 0.1) is 18.7 Å². The summed E-state index contributed by atoms with van der Waals surface area (Å²) in [5.41, 5.74) is 4.06. The molecule has 1 amide bonds. The van der Waals surface area contributed by atoms with Crippen molar-refractivity contribution < 1.29 is 24.2 Å². The number of rotatable bonds is 8. The monoisotopic (exact) mass is 520 g/mol. The third-order valence-corrected chi connectivity index (χ3v) is 6.81. The van der Waals surface area contributed by atoms with Crippen LogP contribution >= 0.6 is 0 Å². The zero-order chi connectivity index (χ0) is 27.4. The zero-order valence-corrected chi connectivity index (χ0v) is 21.7. The van der Waals surface area contributed by atoms with Crippen LogP contribution in [0.3, 0.4) is 0 Å². The van der Waals surface area contributed by atoms with E-state index < -0.39 is 17.7 Å². The summed E-state index contributed by atoms with van der Waals surface area (Å²) in [7, 11) is 1.55. The second-order valence-corrected chi connectivity index (χ2v) is 9.30. The van der Waals surface area contributed by atoms with Crippen LogP contribution < -0.4 is 9.47 Å². The van der Waals surface area contributed by atoms with Gasteiger partial charge >= 0.3 is 0 Å². The van der Waals surface area contributed by atoms with Gasteiger partial charge in [-0.2, -0.15) is 0 Å². The molecule has 1 fully saturated rings. The topological polar surface area (TPSA) is 89.0 Å². The minimum Gasteiger partial charge on any atom is -0.507 e. The number of ketones is 1. The Balaban J connectivity index is 1.49. The van der Waals surface area contributed by atoms with Crippen LogP contribution in [0.2, 0.25) is 0 Å². The van der Waals surface area contributed by atoms with Crippen molar-refractivity contribution in [3.8, 4) is 11.5 Å². The molecule has 5 rings (SSSR count). The summed E-state index contributed by atoms with van der Waals surface area (Å²) < 4.78 is 11.3. The Labute approximate surface area is 227 Å². The lowest BCUT2D eigenvalue weighted by Gasteiger charge is -2.25. The molecule has 3 aromatic carbocycles. The number of ether oxygens (including phenoxy) is 2. The minimum atomic E-state index is -0.808. The number of aryl methyl sites for hydroxylation is 1. The van der Waals surface area contributed by atoms with Gasteiger partial charge in [0, 0.05) is 24.5 Å². The van der Waals surface area contributed by atoms with Crippen molar-refractivity contribution in [2.75, 3.05) is 7.11 Å². The first-order valence-electron chi connectivity index (χ1n) is 12.6. The summed E-state index contributed by atoms with van der Waals surface area (Å²) >= 11 is 0. The van der Waals surface area contributed by atoms with E-state index in [0.717, 1.165) is 16.7 Å². The second kappa shape index (κ2) is 11.2. The molecular formula is C32H28N2O5. The van der Waals surface area contributed by atoms with E-state index in [1.54, 1.807) is 68.0 Å². The van der Waals surface area contributed by atoms with Crippen LogP contribution in [0.15, 0.2) is 103 Å². The molecule has 1 saturated heterocycles. The number of Topliss-reactive ketones (excluding diaryl/α,β-unsaturated/α-hetero) is 1. The van der Waals surface area contributed by atoms with E-state index in [-0.39, 0.29) is 17.9 Å². The molecule has 1 atom stereocenters. The predicted molar refractivity (Wildman–Crippen MR) is 147 cm³/mol. The highest BCUT2D eigenvalue weighted by Gasteiger charge is 2.46. The average Bonchev–Trinajstić information content (AvgIpc) is 3.22. The van der Waals surface area contributed by atoms with Crippen LogP contribution in [0.1, 0.15) is 33.9 Å². The first-order valence-corrected chi connectivity index (χ1v) is 12.6. The summed E-state index contributed by atoms with van der Waals surface area (Å²) in [5, 5.41) is 11.4. The highest BCUT2D eigenvalue weighted by molar-refractivity contribution is 6.46. The average molecular weight is 521 g/mol. The van der Waals surface area contributed by atoms with Crippen molar-refractivity contribution >= 4 is 17.4 Å². The van der Waals surface area contributed by atoms with Crippen molar-refractivity contribution in [2.24, 2.45) is 0 Å². The molecule has 39 heavy (non-hydrogen) atoms. The minimum absolute atomic E-state index is 0.0192. The number of carbonyl (C=O) groups is 2. The highest BCUT2D eigenvalue weighted by Crippen LogP contribution is 2.41. The number of hydrogen-bond acceptors (Lipinski definition) is 6. The summed E-state index contributed by atoms with van der Waals surface area (Å²) in [6.07, 6.45) is 3.29. The van der Waals surface area contributed by atoms with Gasteiger partial charge < -0.3 is 19.5 Å². The van der Waals surface area contributed by atoms with E-state index in [4.69, 9.17) is 9.47 Å². The molecule has 0 aliphatic carbocycles. The summed E-state index contributed by atoms with van der Waals surface area (Å²) in [5.74, 6) is -0.485. The molecule has 0 saturated carbocycles. The number of aliphatic hydroxyl groups is 1. The maximum atomic E-state index is 13.3. The molecule has 0 unspecified atom stereocenters. The van der Waals surface area contributed by atoms with Crippen molar-refractivity contribution in [1.82, 2.24) is 9.88 Å². The smallest absolute Gasteiger partial charge is 0.295 e. The second-order valence-electron chi connectivity index (χ2n) is 9.30. The van der Waals surface area contributed by atoms with Crippen LogP contribution in [0.25, 0.3) is 5.76 Å². The van der Waals surface area contributed by atoms with Gasteiger partial charge in [-0.15, -0.1) is 0 Å². The van der Waals surface area contributed by atoms with E-state index in [9.17, 15) is 14.7 Å². The van der Waals surface area contributed by atoms with Crippen LogP contribution in [0.5, 0.6) is 11.5 Å². The molecule has 1 N–H and O–H groups in total. The third kappa shape index (κ3) is 5.38. The lowest BCUT2D eigenvalue weighted by molar-refractivity contribution is -0.140. The Morgan fingerprint density at radius 3 is 2.46 bits per heavy atom. The lowest BCUT2D eigenvalue weighted by Crippen LogP contribution is -2.29. The molecule has 7 nitrogen and oxygen atoms in total. The van der Waals surface area contributed by atoms with Crippen molar-refractivity contribution in [3.63, 3.8) is 0 Å². The molecule has 0 radical (unpaired) electrons. The number of methoxy groups -OCH3 is 1. The van der Waals surface area contributed by atoms with Crippen LogP contribution in [0, 0.1) is 6.92 Å². The first-order chi connectivity index (χ1) is 19.0. The number of likely N-dealkylation sites (tertiary alicyclic amines) is 1. The number of aliphatic hydroxyl groups excluding tert-OH is 1. The molecule has 1 aromatic heterocycles. The normalized spacial score (nSPS) is 16.4. The van der Waals surface area contributed by atoms with E-state index in [1.165, 1.54) is 4.90 Å². The van der Waals surface area contributed by atoms with Gasteiger partial charge in [-0.3, -0.25) is 14.6 Å². The maximum absolute atomic E-state index is 13.3. The zero-order valence-electron chi connectivity index (χ0n) is 21.7. The van der Waals surface area contributed by atoms with Crippen LogP contribution in [-0.2, 0) is 22.7 Å². The highest BCUT2D eigenvalue weighted by atomic mass is 16.5. The standard InChI is InChI=1S/C32H28N2O5/c1-21-7-3-4-9-25(21)20-39-26-14-12-23(13-15-26)30(35)28-29(24-10-5-11-27(17-24)38-2)34(32(37)31(28)36)19-22-8-6-16-33-18-22/h3-18,29,35H,19-20H2,1-2H3/b30-28+/t29-/m1/s1. The Bertz CT molecular complexity index is 1530. The molecule has 196 valence electrons. The van der Waals surface area contributed by atoms with Gasteiger partial charge in [-0.1, -0.05) is 42.5 Å². The van der Waals surface area contributed by atoms with Crippen LogP contribution in [0.4, 0.5) is 0 Å². The number of amides is 1. The molecule has 2 heterocycles.